The molecule has 2 aromatic carbocycles. The van der Waals surface area contributed by atoms with Gasteiger partial charge < -0.3 is 10.2 Å². The number of carboxylic acids is 1. The summed E-state index contributed by atoms with van der Waals surface area (Å²) in [4.78, 5) is 21.2. The Labute approximate surface area is 122 Å². The summed E-state index contributed by atoms with van der Waals surface area (Å²) in [6.07, 6.45) is 0. The van der Waals surface area contributed by atoms with Gasteiger partial charge in [-0.1, -0.05) is 12.1 Å². The fraction of sp³-hybridized carbons (Fsp3) is 0. The number of nitro groups is 1. The molecule has 0 fully saturated rings. The number of non-ortho nitro benzene ring substituents is 1. The van der Waals surface area contributed by atoms with E-state index in [0.717, 1.165) is 6.07 Å². The first-order valence-electron chi connectivity index (χ1n) is 6.17. The largest absolute Gasteiger partial charge is 0.507 e. The number of hydrogen-bond donors (Lipinski definition) is 3. The molecule has 0 aliphatic heterocycles. The van der Waals surface area contributed by atoms with E-state index in [9.17, 15) is 20.0 Å². The van der Waals surface area contributed by atoms with Crippen LogP contribution in [0.4, 0.5) is 5.69 Å². The number of para-hydroxylation sites is 1. The number of aromatic amines is 1. The SMILES string of the molecule is O=C(O)c1cccc2c(-c3ccc([N+](=O)[O-])cc3O)[nH]nc12. The highest BCUT2D eigenvalue weighted by molar-refractivity contribution is 6.06. The van der Waals surface area contributed by atoms with Gasteiger partial charge in [-0.25, -0.2) is 4.79 Å². The molecule has 0 aliphatic rings. The fourth-order valence-corrected chi connectivity index (χ4v) is 2.26. The molecule has 0 atom stereocenters. The highest BCUT2D eigenvalue weighted by Crippen LogP contribution is 2.35. The Morgan fingerprint density at radius 1 is 1.27 bits per heavy atom. The molecule has 0 saturated carbocycles. The van der Waals surface area contributed by atoms with Gasteiger partial charge in [0.25, 0.3) is 5.69 Å². The number of carboxylic acid groups (broad SMARTS) is 1. The lowest BCUT2D eigenvalue weighted by atomic mass is 10.0. The number of rotatable bonds is 3. The second-order valence-electron chi connectivity index (χ2n) is 4.56. The molecule has 3 rings (SSSR count). The molecule has 8 nitrogen and oxygen atoms in total. The first-order valence-corrected chi connectivity index (χ1v) is 6.17. The number of aromatic carboxylic acids is 1. The number of carbonyl (C=O) groups is 1. The van der Waals surface area contributed by atoms with E-state index < -0.39 is 10.9 Å². The molecule has 110 valence electrons. The Bertz CT molecular complexity index is 916. The van der Waals surface area contributed by atoms with Gasteiger partial charge in [-0.05, 0) is 12.1 Å². The molecular weight excluding hydrogens is 290 g/mol. The fourth-order valence-electron chi connectivity index (χ4n) is 2.26. The van der Waals surface area contributed by atoms with Gasteiger partial charge in [-0.15, -0.1) is 0 Å². The van der Waals surface area contributed by atoms with Crippen molar-refractivity contribution in [1.82, 2.24) is 10.2 Å². The topological polar surface area (TPSA) is 129 Å². The van der Waals surface area contributed by atoms with Gasteiger partial charge in [0.1, 0.15) is 11.3 Å². The predicted molar refractivity (Wildman–Crippen MR) is 76.8 cm³/mol. The third-order valence-corrected chi connectivity index (χ3v) is 3.28. The van der Waals surface area contributed by atoms with Crippen molar-refractivity contribution >= 4 is 22.6 Å². The molecule has 22 heavy (non-hydrogen) atoms. The van der Waals surface area contributed by atoms with Crippen LogP contribution in [0, 0.1) is 10.1 Å². The molecule has 1 aromatic heterocycles. The van der Waals surface area contributed by atoms with E-state index in [0.29, 0.717) is 16.6 Å². The smallest absolute Gasteiger partial charge is 0.337 e. The van der Waals surface area contributed by atoms with Crippen LogP contribution in [-0.2, 0) is 0 Å². The van der Waals surface area contributed by atoms with E-state index in [2.05, 4.69) is 10.2 Å². The summed E-state index contributed by atoms with van der Waals surface area (Å²) in [5.41, 5.74) is 0.738. The zero-order valence-electron chi connectivity index (χ0n) is 11.0. The van der Waals surface area contributed by atoms with Crippen molar-refractivity contribution in [3.05, 3.63) is 52.1 Å². The molecule has 0 unspecified atom stereocenters. The van der Waals surface area contributed by atoms with Crippen LogP contribution in [0.25, 0.3) is 22.2 Å². The van der Waals surface area contributed by atoms with Gasteiger partial charge in [-0.2, -0.15) is 5.10 Å². The van der Waals surface area contributed by atoms with E-state index in [1.807, 2.05) is 0 Å². The summed E-state index contributed by atoms with van der Waals surface area (Å²) in [7, 11) is 0. The zero-order chi connectivity index (χ0) is 15.9. The first kappa shape index (κ1) is 13.6. The van der Waals surface area contributed by atoms with Crippen molar-refractivity contribution in [1.29, 1.82) is 0 Å². The van der Waals surface area contributed by atoms with Gasteiger partial charge in [-0.3, -0.25) is 15.2 Å². The van der Waals surface area contributed by atoms with Crippen LogP contribution < -0.4 is 0 Å². The van der Waals surface area contributed by atoms with Crippen LogP contribution in [0.5, 0.6) is 5.75 Å². The molecule has 3 N–H and O–H groups in total. The Kier molecular flexibility index (Phi) is 2.99. The van der Waals surface area contributed by atoms with Crippen molar-refractivity contribution in [3.8, 4) is 17.0 Å². The molecule has 8 heteroatoms. The summed E-state index contributed by atoms with van der Waals surface area (Å²) in [5.74, 6) is -1.41. The minimum atomic E-state index is -1.11. The molecule has 0 spiro atoms. The number of aromatic nitrogens is 2. The standard InChI is InChI=1S/C14H9N3O5/c18-11-6-7(17(21)22)4-5-8(11)12-9-2-1-3-10(14(19)20)13(9)16-15-12/h1-6,18H,(H,15,16)(H,19,20). The monoisotopic (exact) mass is 299 g/mol. The lowest BCUT2D eigenvalue weighted by Crippen LogP contribution is -1.96. The van der Waals surface area contributed by atoms with Gasteiger partial charge in [0.2, 0.25) is 0 Å². The molecule has 1 heterocycles. The van der Waals surface area contributed by atoms with Crippen molar-refractivity contribution in [2.24, 2.45) is 0 Å². The Morgan fingerprint density at radius 3 is 2.68 bits per heavy atom. The maximum Gasteiger partial charge on any atom is 0.337 e. The lowest BCUT2D eigenvalue weighted by Gasteiger charge is -2.03. The average Bonchev–Trinajstić information content (AvgIpc) is 2.90. The number of hydrogen-bond acceptors (Lipinski definition) is 5. The average molecular weight is 299 g/mol. The van der Waals surface area contributed by atoms with Crippen molar-refractivity contribution in [2.45, 2.75) is 0 Å². The van der Waals surface area contributed by atoms with Gasteiger partial charge >= 0.3 is 5.97 Å². The minimum Gasteiger partial charge on any atom is -0.507 e. The van der Waals surface area contributed by atoms with Gasteiger partial charge in [0, 0.05) is 17.0 Å². The number of nitrogens with zero attached hydrogens (tertiary/aromatic N) is 2. The Balaban J connectivity index is 2.21. The second kappa shape index (κ2) is 4.85. The molecule has 3 aromatic rings. The summed E-state index contributed by atoms with van der Waals surface area (Å²) < 4.78 is 0. The van der Waals surface area contributed by atoms with Gasteiger partial charge in [0.05, 0.1) is 22.2 Å². The van der Waals surface area contributed by atoms with E-state index >= 15 is 0 Å². The van der Waals surface area contributed by atoms with Crippen molar-refractivity contribution in [3.63, 3.8) is 0 Å². The van der Waals surface area contributed by atoms with Crippen LogP contribution in [-0.4, -0.2) is 31.3 Å². The number of H-pyrrole nitrogens is 1. The third-order valence-electron chi connectivity index (χ3n) is 3.28. The van der Waals surface area contributed by atoms with E-state index in [1.165, 1.54) is 18.2 Å². The van der Waals surface area contributed by atoms with Crippen LogP contribution >= 0.6 is 0 Å². The summed E-state index contributed by atoms with van der Waals surface area (Å²) in [6, 6.07) is 8.30. The molecule has 0 saturated heterocycles. The molecule has 0 amide bonds. The van der Waals surface area contributed by atoms with Crippen LogP contribution in [0.3, 0.4) is 0 Å². The quantitative estimate of drug-likeness (QED) is 0.503. The highest BCUT2D eigenvalue weighted by atomic mass is 16.6. The van der Waals surface area contributed by atoms with Crippen LogP contribution in [0.15, 0.2) is 36.4 Å². The Hall–Kier alpha value is -3.42. The maximum absolute atomic E-state index is 11.2. The second-order valence-corrected chi connectivity index (χ2v) is 4.56. The van der Waals surface area contributed by atoms with Crippen LogP contribution in [0.2, 0.25) is 0 Å². The minimum absolute atomic E-state index is 0.0291. The summed E-state index contributed by atoms with van der Waals surface area (Å²) in [6.45, 7) is 0. The lowest BCUT2D eigenvalue weighted by molar-refractivity contribution is -0.384. The summed E-state index contributed by atoms with van der Waals surface area (Å²) >= 11 is 0. The van der Waals surface area contributed by atoms with Crippen molar-refractivity contribution in [2.75, 3.05) is 0 Å². The number of phenols is 1. The molecular formula is C14H9N3O5. The van der Waals surface area contributed by atoms with E-state index in [1.54, 1.807) is 12.1 Å². The maximum atomic E-state index is 11.2. The molecule has 0 bridgehead atoms. The number of nitro benzene ring substituents is 1. The van der Waals surface area contributed by atoms with Crippen LogP contribution in [0.1, 0.15) is 10.4 Å². The predicted octanol–water partition coefficient (Wildman–Crippen LogP) is 2.54. The van der Waals surface area contributed by atoms with E-state index in [4.69, 9.17) is 5.11 Å². The Morgan fingerprint density at radius 2 is 2.05 bits per heavy atom. The number of nitrogens with one attached hydrogen (secondary N) is 1. The highest BCUT2D eigenvalue weighted by Gasteiger charge is 2.18. The van der Waals surface area contributed by atoms with E-state index in [-0.39, 0.29) is 22.5 Å². The third kappa shape index (κ3) is 2.03. The van der Waals surface area contributed by atoms with Gasteiger partial charge in [0.15, 0.2) is 0 Å². The molecule has 0 aliphatic carbocycles. The zero-order valence-corrected chi connectivity index (χ0v) is 11.0. The first-order chi connectivity index (χ1) is 10.5. The number of benzene rings is 2. The normalized spacial score (nSPS) is 10.7. The number of aromatic hydroxyl groups is 1. The van der Waals surface area contributed by atoms with Crippen molar-refractivity contribution < 1.29 is 19.9 Å². The number of fused-ring (bicyclic) bond motifs is 1. The molecule has 0 radical (unpaired) electrons. The number of phenolic OH excluding ortho intramolecular Hbond substituents is 1. The summed E-state index contributed by atoms with van der Waals surface area (Å²) in [5, 5.41) is 36.9.